The maximum absolute atomic E-state index is 12.7. The quantitative estimate of drug-likeness (QED) is 0.922. The van der Waals surface area contributed by atoms with Gasteiger partial charge in [0, 0.05) is 30.1 Å². The number of rotatable bonds is 3. The van der Waals surface area contributed by atoms with Crippen LogP contribution in [0.5, 0.6) is 0 Å². The van der Waals surface area contributed by atoms with Crippen LogP contribution in [0.3, 0.4) is 0 Å². The van der Waals surface area contributed by atoms with Gasteiger partial charge in [-0.25, -0.2) is 8.42 Å². The lowest BCUT2D eigenvalue weighted by Gasteiger charge is -2.36. The van der Waals surface area contributed by atoms with E-state index in [1.807, 2.05) is 24.8 Å². The summed E-state index contributed by atoms with van der Waals surface area (Å²) in [6, 6.07) is 6.94. The molecule has 2 N–H and O–H groups in total. The molecule has 1 fully saturated rings. The zero-order valence-electron chi connectivity index (χ0n) is 11.2. The van der Waals surface area contributed by atoms with Gasteiger partial charge in [0.1, 0.15) is 0 Å². The predicted octanol–water partition coefficient (Wildman–Crippen LogP) is 1.66. The lowest BCUT2D eigenvalue weighted by molar-refractivity contribution is 0.340. The van der Waals surface area contributed by atoms with Crippen LogP contribution in [0.4, 0.5) is 0 Å². The minimum absolute atomic E-state index is 0.0188. The molecular formula is C13H20N2O2S2. The van der Waals surface area contributed by atoms with Crippen LogP contribution in [0.2, 0.25) is 0 Å². The molecule has 0 radical (unpaired) electrons. The van der Waals surface area contributed by atoms with Gasteiger partial charge in [0.15, 0.2) is 0 Å². The fraction of sp³-hybridized carbons (Fsp3) is 0.538. The molecule has 0 aromatic heterocycles. The highest BCUT2D eigenvalue weighted by Gasteiger charge is 2.34. The van der Waals surface area contributed by atoms with Crippen LogP contribution < -0.4 is 5.73 Å². The fourth-order valence-corrected chi connectivity index (χ4v) is 5.28. The first-order chi connectivity index (χ1) is 8.96. The van der Waals surface area contributed by atoms with Crippen molar-refractivity contribution in [1.82, 2.24) is 4.31 Å². The summed E-state index contributed by atoms with van der Waals surface area (Å²) in [4.78, 5) is 0.349. The molecule has 1 aromatic carbocycles. The Balaban J connectivity index is 2.35. The summed E-state index contributed by atoms with van der Waals surface area (Å²) in [5.41, 5.74) is 6.42. The van der Waals surface area contributed by atoms with Crippen LogP contribution in [-0.4, -0.2) is 36.3 Å². The molecule has 2 atom stereocenters. The number of nitrogens with zero attached hydrogens (tertiary/aromatic N) is 1. The van der Waals surface area contributed by atoms with Gasteiger partial charge < -0.3 is 5.73 Å². The third-order valence-corrected chi connectivity index (χ3v) is 6.89. The number of hydrogen-bond donors (Lipinski definition) is 1. The smallest absolute Gasteiger partial charge is 0.243 e. The normalized spacial score (nSPS) is 25.4. The number of sulfonamides is 1. The second-order valence-electron chi connectivity index (χ2n) is 4.78. The van der Waals surface area contributed by atoms with E-state index in [1.54, 1.807) is 22.5 Å². The summed E-state index contributed by atoms with van der Waals surface area (Å²) < 4.78 is 27.0. The second kappa shape index (κ2) is 5.83. The van der Waals surface area contributed by atoms with Crippen molar-refractivity contribution in [3.8, 4) is 0 Å². The highest BCUT2D eigenvalue weighted by atomic mass is 32.2. The van der Waals surface area contributed by atoms with E-state index in [4.69, 9.17) is 5.73 Å². The Morgan fingerprint density at radius 1 is 1.42 bits per heavy atom. The van der Waals surface area contributed by atoms with Crippen molar-refractivity contribution in [1.29, 1.82) is 0 Å². The van der Waals surface area contributed by atoms with E-state index in [9.17, 15) is 8.42 Å². The van der Waals surface area contributed by atoms with E-state index < -0.39 is 10.0 Å². The third kappa shape index (κ3) is 2.97. The standard InChI is InChI=1S/C13H20N2O2S2/c1-10-11(2)18-7-6-15(10)19(16,17)13-5-3-4-12(8-13)9-14/h3-5,8,10-11H,6-7,9,14H2,1-2H3. The summed E-state index contributed by atoms with van der Waals surface area (Å²) >= 11 is 1.82. The minimum Gasteiger partial charge on any atom is -0.326 e. The first-order valence-corrected chi connectivity index (χ1v) is 8.88. The predicted molar refractivity (Wildman–Crippen MR) is 79.6 cm³/mol. The van der Waals surface area contributed by atoms with Crippen molar-refractivity contribution in [3.05, 3.63) is 29.8 Å². The third-order valence-electron chi connectivity index (χ3n) is 3.57. The summed E-state index contributed by atoms with van der Waals surface area (Å²) in [5, 5.41) is 0.321. The van der Waals surface area contributed by atoms with Crippen molar-refractivity contribution in [3.63, 3.8) is 0 Å². The highest BCUT2D eigenvalue weighted by molar-refractivity contribution is 8.00. The molecule has 0 spiro atoms. The number of hydrogen-bond acceptors (Lipinski definition) is 4. The zero-order valence-corrected chi connectivity index (χ0v) is 12.9. The maximum Gasteiger partial charge on any atom is 0.243 e. The molecule has 1 aliphatic heterocycles. The van der Waals surface area contributed by atoms with Gasteiger partial charge in [-0.1, -0.05) is 19.1 Å². The summed E-state index contributed by atoms with van der Waals surface area (Å²) in [5.74, 6) is 0.849. The molecular weight excluding hydrogens is 280 g/mol. The van der Waals surface area contributed by atoms with Crippen LogP contribution in [-0.2, 0) is 16.6 Å². The molecule has 1 heterocycles. The molecule has 0 aliphatic carbocycles. The maximum atomic E-state index is 12.7. The number of thioether (sulfide) groups is 1. The van der Waals surface area contributed by atoms with Gasteiger partial charge in [-0.3, -0.25) is 0 Å². The van der Waals surface area contributed by atoms with Crippen LogP contribution in [0, 0.1) is 0 Å². The molecule has 1 saturated heterocycles. The first-order valence-electron chi connectivity index (χ1n) is 6.39. The highest BCUT2D eigenvalue weighted by Crippen LogP contribution is 2.29. The second-order valence-corrected chi connectivity index (χ2v) is 8.16. The Kier molecular flexibility index (Phi) is 4.55. The van der Waals surface area contributed by atoms with Crippen molar-refractivity contribution >= 4 is 21.8 Å². The van der Waals surface area contributed by atoms with Crippen LogP contribution in [0.15, 0.2) is 29.2 Å². The van der Waals surface area contributed by atoms with Gasteiger partial charge in [0.2, 0.25) is 10.0 Å². The van der Waals surface area contributed by atoms with Gasteiger partial charge in [-0.2, -0.15) is 16.1 Å². The van der Waals surface area contributed by atoms with Crippen molar-refractivity contribution in [2.75, 3.05) is 12.3 Å². The fourth-order valence-electron chi connectivity index (χ4n) is 2.21. The van der Waals surface area contributed by atoms with Gasteiger partial charge in [-0.05, 0) is 24.6 Å². The Morgan fingerprint density at radius 3 is 2.84 bits per heavy atom. The molecule has 106 valence electrons. The molecule has 0 saturated carbocycles. The lowest BCUT2D eigenvalue weighted by Crippen LogP contribution is -2.47. The lowest BCUT2D eigenvalue weighted by atomic mass is 10.2. The molecule has 4 nitrogen and oxygen atoms in total. The molecule has 0 bridgehead atoms. The van der Waals surface area contributed by atoms with E-state index in [2.05, 4.69) is 6.92 Å². The van der Waals surface area contributed by atoms with Gasteiger partial charge >= 0.3 is 0 Å². The van der Waals surface area contributed by atoms with Crippen LogP contribution in [0.25, 0.3) is 0 Å². The van der Waals surface area contributed by atoms with Gasteiger partial charge in [-0.15, -0.1) is 0 Å². The summed E-state index contributed by atoms with van der Waals surface area (Å²) in [6.45, 7) is 4.98. The SMILES string of the molecule is CC1SCCN(S(=O)(=O)c2cccc(CN)c2)C1C. The average molecular weight is 300 g/mol. The monoisotopic (exact) mass is 300 g/mol. The Bertz CT molecular complexity index is 545. The molecule has 2 rings (SSSR count). The first kappa shape index (κ1) is 14.8. The van der Waals surface area contributed by atoms with E-state index in [-0.39, 0.29) is 6.04 Å². The van der Waals surface area contributed by atoms with Crippen LogP contribution in [0.1, 0.15) is 19.4 Å². The van der Waals surface area contributed by atoms with E-state index >= 15 is 0 Å². The number of nitrogens with two attached hydrogens (primary N) is 1. The average Bonchev–Trinajstić information content (AvgIpc) is 2.41. The largest absolute Gasteiger partial charge is 0.326 e. The van der Waals surface area contributed by atoms with Gasteiger partial charge in [0.25, 0.3) is 0 Å². The molecule has 2 unspecified atom stereocenters. The Labute approximate surface area is 119 Å². The number of benzene rings is 1. The Morgan fingerprint density at radius 2 is 2.16 bits per heavy atom. The van der Waals surface area contributed by atoms with Crippen molar-refractivity contribution < 1.29 is 8.42 Å². The van der Waals surface area contributed by atoms with Crippen molar-refractivity contribution in [2.45, 2.75) is 36.6 Å². The van der Waals surface area contributed by atoms with E-state index in [0.717, 1.165) is 11.3 Å². The zero-order chi connectivity index (χ0) is 14.0. The van der Waals surface area contributed by atoms with Gasteiger partial charge in [0.05, 0.1) is 4.90 Å². The Hall–Kier alpha value is -0.560. The van der Waals surface area contributed by atoms with E-state index in [0.29, 0.717) is 23.2 Å². The molecule has 19 heavy (non-hydrogen) atoms. The van der Waals surface area contributed by atoms with Crippen LogP contribution >= 0.6 is 11.8 Å². The summed E-state index contributed by atoms with van der Waals surface area (Å²) in [6.07, 6.45) is 0. The molecule has 0 amide bonds. The summed E-state index contributed by atoms with van der Waals surface area (Å²) in [7, 11) is -3.41. The topological polar surface area (TPSA) is 63.4 Å². The van der Waals surface area contributed by atoms with E-state index in [1.165, 1.54) is 0 Å². The molecule has 1 aromatic rings. The molecule has 1 aliphatic rings. The minimum atomic E-state index is -3.41. The van der Waals surface area contributed by atoms with Crippen molar-refractivity contribution in [2.24, 2.45) is 5.73 Å². The molecule has 6 heteroatoms.